The summed E-state index contributed by atoms with van der Waals surface area (Å²) in [6, 6.07) is 11.2. The Balaban J connectivity index is 1.99. The van der Waals surface area contributed by atoms with Gasteiger partial charge in [0.25, 0.3) is 0 Å². The average Bonchev–Trinajstić information content (AvgIpc) is 2.83. The summed E-state index contributed by atoms with van der Waals surface area (Å²) in [7, 11) is 0. The van der Waals surface area contributed by atoms with Crippen LogP contribution in [0.4, 0.5) is 5.69 Å². The maximum atomic E-state index is 4.66. The van der Waals surface area contributed by atoms with Crippen molar-refractivity contribution in [3.05, 3.63) is 36.0 Å². The Morgan fingerprint density at radius 3 is 2.76 bits per heavy atom. The molecule has 1 N–H and O–H groups in total. The molecular weight excluding hydrogens is 208 g/mol. The minimum atomic E-state index is 0.642. The van der Waals surface area contributed by atoms with E-state index in [1.165, 1.54) is 36.8 Å². The van der Waals surface area contributed by atoms with E-state index in [0.717, 1.165) is 11.2 Å². The maximum Gasteiger partial charge on any atom is 0.0936 e. The summed E-state index contributed by atoms with van der Waals surface area (Å²) in [6.45, 7) is 2.05. The Bertz CT molecular complexity index is 527. The van der Waals surface area contributed by atoms with E-state index in [4.69, 9.17) is 0 Å². The molecule has 17 heavy (non-hydrogen) atoms. The van der Waals surface area contributed by atoms with Crippen LogP contribution in [-0.2, 0) is 0 Å². The number of aryl methyl sites for hydroxylation is 1. The molecule has 1 heterocycles. The fourth-order valence-corrected chi connectivity index (χ4v) is 2.65. The zero-order valence-electron chi connectivity index (χ0n) is 10.2. The highest BCUT2D eigenvalue weighted by Crippen LogP contribution is 2.26. The second kappa shape index (κ2) is 4.36. The van der Waals surface area contributed by atoms with Gasteiger partial charge in [-0.3, -0.25) is 4.98 Å². The van der Waals surface area contributed by atoms with E-state index in [0.29, 0.717) is 6.04 Å². The fourth-order valence-electron chi connectivity index (χ4n) is 2.65. The second-order valence-electron chi connectivity index (χ2n) is 4.96. The van der Waals surface area contributed by atoms with Gasteiger partial charge in [-0.25, -0.2) is 0 Å². The molecule has 1 aliphatic rings. The molecule has 88 valence electrons. The van der Waals surface area contributed by atoms with Crippen LogP contribution < -0.4 is 5.32 Å². The van der Waals surface area contributed by atoms with Crippen LogP contribution in [-0.4, -0.2) is 11.0 Å². The predicted octanol–water partition coefficient (Wildman–Crippen LogP) is 3.90. The molecule has 0 aliphatic heterocycles. The molecule has 0 unspecified atom stereocenters. The van der Waals surface area contributed by atoms with Gasteiger partial charge in [0.15, 0.2) is 0 Å². The summed E-state index contributed by atoms with van der Waals surface area (Å²) in [4.78, 5) is 4.66. The van der Waals surface area contributed by atoms with Crippen LogP contribution in [0.5, 0.6) is 0 Å². The quantitative estimate of drug-likeness (QED) is 0.840. The third kappa shape index (κ3) is 2.12. The summed E-state index contributed by atoms with van der Waals surface area (Å²) in [6.07, 6.45) is 5.30. The highest BCUT2D eigenvalue weighted by molar-refractivity contribution is 5.90. The lowest BCUT2D eigenvalue weighted by molar-refractivity contribution is 0.756. The van der Waals surface area contributed by atoms with Crippen LogP contribution in [0, 0.1) is 6.92 Å². The van der Waals surface area contributed by atoms with Crippen molar-refractivity contribution in [3.8, 4) is 0 Å². The van der Waals surface area contributed by atoms with Crippen molar-refractivity contribution in [1.29, 1.82) is 0 Å². The molecule has 2 aromatic rings. The summed E-state index contributed by atoms with van der Waals surface area (Å²) < 4.78 is 0. The minimum Gasteiger partial charge on any atom is -0.381 e. The van der Waals surface area contributed by atoms with E-state index in [9.17, 15) is 0 Å². The molecule has 1 fully saturated rings. The molecule has 0 bridgehead atoms. The zero-order valence-corrected chi connectivity index (χ0v) is 10.2. The predicted molar refractivity (Wildman–Crippen MR) is 72.4 cm³/mol. The number of para-hydroxylation sites is 1. The van der Waals surface area contributed by atoms with E-state index in [1.807, 2.05) is 6.92 Å². The van der Waals surface area contributed by atoms with Crippen molar-refractivity contribution in [1.82, 2.24) is 4.98 Å². The summed E-state index contributed by atoms with van der Waals surface area (Å²) in [5, 5.41) is 4.87. The van der Waals surface area contributed by atoms with Gasteiger partial charge in [-0.2, -0.15) is 0 Å². The number of nitrogens with one attached hydrogen (secondary N) is 1. The van der Waals surface area contributed by atoms with Gasteiger partial charge in [0, 0.05) is 17.1 Å². The van der Waals surface area contributed by atoms with Crippen molar-refractivity contribution in [2.24, 2.45) is 0 Å². The lowest BCUT2D eigenvalue weighted by Crippen LogP contribution is -2.14. The van der Waals surface area contributed by atoms with Gasteiger partial charge in [-0.1, -0.05) is 31.0 Å². The van der Waals surface area contributed by atoms with Crippen LogP contribution in [0.1, 0.15) is 31.4 Å². The Hall–Kier alpha value is -1.57. The van der Waals surface area contributed by atoms with Crippen LogP contribution in [0.15, 0.2) is 30.3 Å². The molecule has 2 nitrogen and oxygen atoms in total. The molecule has 1 aromatic carbocycles. The molecule has 3 rings (SSSR count). The molecule has 1 saturated carbocycles. The van der Waals surface area contributed by atoms with Gasteiger partial charge in [0.1, 0.15) is 0 Å². The third-order valence-electron chi connectivity index (χ3n) is 3.57. The molecule has 1 aliphatic carbocycles. The Morgan fingerprint density at radius 1 is 1.12 bits per heavy atom. The number of pyridine rings is 1. The van der Waals surface area contributed by atoms with E-state index in [2.05, 4.69) is 40.6 Å². The lowest BCUT2D eigenvalue weighted by atomic mass is 10.1. The van der Waals surface area contributed by atoms with Crippen molar-refractivity contribution >= 4 is 16.6 Å². The van der Waals surface area contributed by atoms with Crippen LogP contribution >= 0.6 is 0 Å². The first kappa shape index (κ1) is 10.6. The molecule has 0 radical (unpaired) electrons. The van der Waals surface area contributed by atoms with Gasteiger partial charge in [0.05, 0.1) is 11.2 Å². The van der Waals surface area contributed by atoms with E-state index in [-0.39, 0.29) is 0 Å². The Kier molecular flexibility index (Phi) is 2.71. The van der Waals surface area contributed by atoms with E-state index >= 15 is 0 Å². The van der Waals surface area contributed by atoms with Crippen molar-refractivity contribution in [2.75, 3.05) is 5.32 Å². The zero-order chi connectivity index (χ0) is 11.7. The Labute approximate surface area is 102 Å². The van der Waals surface area contributed by atoms with E-state index < -0.39 is 0 Å². The highest BCUT2D eigenvalue weighted by Gasteiger charge is 2.15. The average molecular weight is 226 g/mol. The molecular formula is C15H18N2. The smallest absolute Gasteiger partial charge is 0.0936 e. The summed E-state index contributed by atoms with van der Waals surface area (Å²) >= 11 is 0. The molecule has 2 heteroatoms. The number of hydrogen-bond donors (Lipinski definition) is 1. The van der Waals surface area contributed by atoms with Crippen molar-refractivity contribution < 1.29 is 0 Å². The van der Waals surface area contributed by atoms with Crippen molar-refractivity contribution in [3.63, 3.8) is 0 Å². The summed E-state index contributed by atoms with van der Waals surface area (Å²) in [5.41, 5.74) is 3.38. The van der Waals surface area contributed by atoms with E-state index in [1.54, 1.807) is 0 Å². The standard InChI is InChI=1S/C15H18N2/c1-11-9-10-12-5-4-8-14(15(12)16-11)17-13-6-2-3-7-13/h4-5,8-10,13,17H,2-3,6-7H2,1H3. The van der Waals surface area contributed by atoms with Crippen molar-refractivity contribution in [2.45, 2.75) is 38.6 Å². The van der Waals surface area contributed by atoms with Gasteiger partial charge in [-0.05, 0) is 31.9 Å². The van der Waals surface area contributed by atoms with Crippen LogP contribution in [0.2, 0.25) is 0 Å². The molecule has 0 spiro atoms. The molecule has 0 amide bonds. The van der Waals surface area contributed by atoms with Crippen LogP contribution in [0.3, 0.4) is 0 Å². The number of rotatable bonds is 2. The number of nitrogens with zero attached hydrogens (tertiary/aromatic N) is 1. The highest BCUT2D eigenvalue weighted by atomic mass is 14.9. The monoisotopic (exact) mass is 226 g/mol. The minimum absolute atomic E-state index is 0.642. The number of fused-ring (bicyclic) bond motifs is 1. The van der Waals surface area contributed by atoms with Gasteiger partial charge < -0.3 is 5.32 Å². The van der Waals surface area contributed by atoms with Crippen LogP contribution in [0.25, 0.3) is 10.9 Å². The fraction of sp³-hybridized carbons (Fsp3) is 0.400. The number of aromatic nitrogens is 1. The summed E-state index contributed by atoms with van der Waals surface area (Å²) in [5.74, 6) is 0. The maximum absolute atomic E-state index is 4.66. The SMILES string of the molecule is Cc1ccc2cccc(NC3CCCC3)c2n1. The normalized spacial score (nSPS) is 16.5. The number of hydrogen-bond acceptors (Lipinski definition) is 2. The first-order chi connectivity index (χ1) is 8.33. The second-order valence-corrected chi connectivity index (χ2v) is 4.96. The first-order valence-electron chi connectivity index (χ1n) is 6.46. The molecule has 0 atom stereocenters. The van der Waals surface area contributed by atoms with Gasteiger partial charge in [0.2, 0.25) is 0 Å². The largest absolute Gasteiger partial charge is 0.381 e. The molecule has 1 aromatic heterocycles. The topological polar surface area (TPSA) is 24.9 Å². The number of anilines is 1. The molecule has 0 saturated heterocycles. The van der Waals surface area contributed by atoms with Gasteiger partial charge in [-0.15, -0.1) is 0 Å². The Morgan fingerprint density at radius 2 is 1.94 bits per heavy atom. The lowest BCUT2D eigenvalue weighted by Gasteiger charge is -2.15. The number of benzene rings is 1. The van der Waals surface area contributed by atoms with Gasteiger partial charge >= 0.3 is 0 Å². The third-order valence-corrected chi connectivity index (χ3v) is 3.57. The first-order valence-corrected chi connectivity index (χ1v) is 6.46.